The second kappa shape index (κ2) is 3.57. The number of hydrogen-bond donors (Lipinski definition) is 1. The maximum absolute atomic E-state index is 5.33. The van der Waals surface area contributed by atoms with Gasteiger partial charge in [-0.25, -0.2) is 9.97 Å². The Hall–Kier alpha value is -1.95. The van der Waals surface area contributed by atoms with Crippen molar-refractivity contribution in [1.82, 2.24) is 20.2 Å². The summed E-state index contributed by atoms with van der Waals surface area (Å²) in [5, 5.41) is 7.42. The Morgan fingerprint density at radius 2 is 2.38 bits per heavy atom. The summed E-state index contributed by atoms with van der Waals surface area (Å²) in [6.45, 7) is 2.01. The highest BCUT2D eigenvalue weighted by atomic mass is 32.1. The number of aromatic amines is 1. The van der Waals surface area contributed by atoms with Crippen LogP contribution in [0.5, 0.6) is 0 Å². The lowest BCUT2D eigenvalue weighted by molar-refractivity contribution is 0.580. The fourth-order valence-electron chi connectivity index (χ4n) is 1.45. The molecular weight excluding hydrogens is 224 g/mol. The Labute approximate surface area is 95.2 Å². The molecule has 3 aromatic rings. The van der Waals surface area contributed by atoms with E-state index in [1.807, 2.05) is 19.1 Å². The van der Waals surface area contributed by atoms with Crippen molar-refractivity contribution >= 4 is 11.3 Å². The molecule has 1 N–H and O–H groups in total. The van der Waals surface area contributed by atoms with Gasteiger partial charge in [-0.3, -0.25) is 5.10 Å². The summed E-state index contributed by atoms with van der Waals surface area (Å²) < 4.78 is 5.33. The van der Waals surface area contributed by atoms with Crippen molar-refractivity contribution in [1.29, 1.82) is 0 Å². The number of aryl methyl sites for hydroxylation is 1. The molecule has 3 rings (SSSR count). The number of nitrogens with one attached hydrogen (secondary N) is 1. The van der Waals surface area contributed by atoms with Gasteiger partial charge < -0.3 is 4.42 Å². The SMILES string of the molecule is Cc1sc(-c2ncn[nH]2)nc1-c1ccco1. The third-order valence-corrected chi connectivity index (χ3v) is 3.15. The third kappa shape index (κ3) is 1.43. The van der Waals surface area contributed by atoms with Crippen LogP contribution in [0.15, 0.2) is 29.1 Å². The van der Waals surface area contributed by atoms with E-state index in [-0.39, 0.29) is 0 Å². The van der Waals surface area contributed by atoms with E-state index < -0.39 is 0 Å². The molecule has 3 heterocycles. The van der Waals surface area contributed by atoms with E-state index >= 15 is 0 Å². The summed E-state index contributed by atoms with van der Waals surface area (Å²) in [5.74, 6) is 1.46. The maximum atomic E-state index is 5.33. The number of hydrogen-bond acceptors (Lipinski definition) is 5. The number of aromatic nitrogens is 4. The molecule has 0 aliphatic heterocycles. The Balaban J connectivity index is 2.09. The Morgan fingerprint density at radius 1 is 1.44 bits per heavy atom. The van der Waals surface area contributed by atoms with Crippen LogP contribution < -0.4 is 0 Å². The van der Waals surface area contributed by atoms with Crippen molar-refractivity contribution in [3.8, 4) is 22.3 Å². The van der Waals surface area contributed by atoms with Crippen LogP contribution in [0.2, 0.25) is 0 Å². The summed E-state index contributed by atoms with van der Waals surface area (Å²) >= 11 is 1.57. The van der Waals surface area contributed by atoms with Gasteiger partial charge in [0, 0.05) is 4.88 Å². The van der Waals surface area contributed by atoms with Crippen molar-refractivity contribution in [2.45, 2.75) is 6.92 Å². The lowest BCUT2D eigenvalue weighted by Gasteiger charge is -1.90. The van der Waals surface area contributed by atoms with E-state index in [2.05, 4.69) is 20.2 Å². The van der Waals surface area contributed by atoms with Crippen LogP contribution in [0.25, 0.3) is 22.3 Å². The molecule has 3 aromatic heterocycles. The van der Waals surface area contributed by atoms with Gasteiger partial charge in [-0.2, -0.15) is 5.10 Å². The van der Waals surface area contributed by atoms with Gasteiger partial charge in [-0.15, -0.1) is 11.3 Å². The number of furan rings is 1. The molecule has 0 saturated carbocycles. The van der Waals surface area contributed by atoms with Gasteiger partial charge in [0.15, 0.2) is 16.6 Å². The minimum Gasteiger partial charge on any atom is -0.463 e. The average Bonchev–Trinajstić information content (AvgIpc) is 2.97. The molecule has 0 fully saturated rings. The molecule has 0 spiro atoms. The number of thiazole rings is 1. The standard InChI is InChI=1S/C10H8N4OS/c1-6-8(7-3-2-4-15-7)13-10(16-6)9-11-5-12-14-9/h2-5H,1H3,(H,11,12,14). The van der Waals surface area contributed by atoms with E-state index in [4.69, 9.17) is 4.42 Å². The normalized spacial score (nSPS) is 10.8. The third-order valence-electron chi connectivity index (χ3n) is 2.17. The van der Waals surface area contributed by atoms with Gasteiger partial charge in [0.05, 0.1) is 6.26 Å². The molecule has 16 heavy (non-hydrogen) atoms. The van der Waals surface area contributed by atoms with E-state index in [1.165, 1.54) is 6.33 Å². The van der Waals surface area contributed by atoms with Crippen molar-refractivity contribution in [2.75, 3.05) is 0 Å². The van der Waals surface area contributed by atoms with Gasteiger partial charge >= 0.3 is 0 Å². The molecule has 80 valence electrons. The van der Waals surface area contributed by atoms with E-state index in [0.717, 1.165) is 21.3 Å². The summed E-state index contributed by atoms with van der Waals surface area (Å²) in [5.41, 5.74) is 0.862. The second-order valence-corrected chi connectivity index (χ2v) is 4.44. The van der Waals surface area contributed by atoms with Crippen molar-refractivity contribution < 1.29 is 4.42 Å². The smallest absolute Gasteiger partial charge is 0.184 e. The molecule has 5 nitrogen and oxygen atoms in total. The quantitative estimate of drug-likeness (QED) is 0.737. The lowest BCUT2D eigenvalue weighted by atomic mass is 10.3. The summed E-state index contributed by atoms with van der Waals surface area (Å²) in [6, 6.07) is 3.74. The van der Waals surface area contributed by atoms with E-state index in [1.54, 1.807) is 17.6 Å². The second-order valence-electron chi connectivity index (χ2n) is 3.24. The molecule has 0 aromatic carbocycles. The molecule has 0 bridgehead atoms. The van der Waals surface area contributed by atoms with Gasteiger partial charge in [0.25, 0.3) is 0 Å². The van der Waals surface area contributed by atoms with E-state index in [9.17, 15) is 0 Å². The fourth-order valence-corrected chi connectivity index (χ4v) is 2.31. The predicted octanol–water partition coefficient (Wildman–Crippen LogP) is 2.50. The van der Waals surface area contributed by atoms with Crippen LogP contribution in [0.3, 0.4) is 0 Å². The van der Waals surface area contributed by atoms with Crippen LogP contribution in [-0.4, -0.2) is 20.2 Å². The van der Waals surface area contributed by atoms with Gasteiger partial charge in [0.2, 0.25) is 0 Å². The summed E-state index contributed by atoms with van der Waals surface area (Å²) in [7, 11) is 0. The first-order chi connectivity index (χ1) is 7.84. The van der Waals surface area contributed by atoms with Gasteiger partial charge in [-0.05, 0) is 19.1 Å². The van der Waals surface area contributed by atoms with Crippen LogP contribution in [-0.2, 0) is 0 Å². The average molecular weight is 232 g/mol. The predicted molar refractivity (Wildman–Crippen MR) is 59.9 cm³/mol. The number of rotatable bonds is 2. The zero-order valence-electron chi connectivity index (χ0n) is 8.47. The zero-order chi connectivity index (χ0) is 11.0. The first-order valence-corrected chi connectivity index (χ1v) is 5.53. The molecule has 0 aliphatic carbocycles. The highest BCUT2D eigenvalue weighted by Gasteiger charge is 2.14. The first-order valence-electron chi connectivity index (χ1n) is 4.71. The van der Waals surface area contributed by atoms with Crippen molar-refractivity contribution in [3.63, 3.8) is 0 Å². The van der Waals surface area contributed by atoms with E-state index in [0.29, 0.717) is 5.82 Å². The molecular formula is C10H8N4OS. The monoisotopic (exact) mass is 232 g/mol. The lowest BCUT2D eigenvalue weighted by Crippen LogP contribution is -1.80. The van der Waals surface area contributed by atoms with Crippen LogP contribution >= 0.6 is 11.3 Å². The minimum absolute atomic E-state index is 0.686. The maximum Gasteiger partial charge on any atom is 0.184 e. The van der Waals surface area contributed by atoms with Crippen molar-refractivity contribution in [3.05, 3.63) is 29.6 Å². The Bertz CT molecular complexity index is 582. The Morgan fingerprint density at radius 3 is 3.06 bits per heavy atom. The van der Waals surface area contributed by atoms with Crippen LogP contribution in [0.4, 0.5) is 0 Å². The molecule has 0 radical (unpaired) electrons. The fraction of sp³-hybridized carbons (Fsp3) is 0.100. The van der Waals surface area contributed by atoms with Gasteiger partial charge in [-0.1, -0.05) is 0 Å². The summed E-state index contributed by atoms with van der Waals surface area (Å²) in [4.78, 5) is 9.66. The molecule has 6 heteroatoms. The van der Waals surface area contributed by atoms with Crippen molar-refractivity contribution in [2.24, 2.45) is 0 Å². The number of nitrogens with zero attached hydrogens (tertiary/aromatic N) is 3. The summed E-state index contributed by atoms with van der Waals surface area (Å²) in [6.07, 6.45) is 3.11. The highest BCUT2D eigenvalue weighted by molar-refractivity contribution is 7.15. The zero-order valence-corrected chi connectivity index (χ0v) is 9.28. The van der Waals surface area contributed by atoms with Crippen LogP contribution in [0, 0.1) is 6.92 Å². The number of H-pyrrole nitrogens is 1. The highest BCUT2D eigenvalue weighted by Crippen LogP contribution is 2.31. The molecule has 0 atom stereocenters. The minimum atomic E-state index is 0.686. The van der Waals surface area contributed by atoms with Gasteiger partial charge in [0.1, 0.15) is 12.0 Å². The largest absolute Gasteiger partial charge is 0.463 e. The van der Waals surface area contributed by atoms with Crippen LogP contribution in [0.1, 0.15) is 4.88 Å². The molecule has 0 amide bonds. The molecule has 0 saturated heterocycles. The molecule has 0 aliphatic rings. The Kier molecular flexibility index (Phi) is 2.07. The first kappa shape index (κ1) is 9.29. The molecule has 0 unspecified atom stereocenters. The topological polar surface area (TPSA) is 67.6 Å².